The van der Waals surface area contributed by atoms with Gasteiger partial charge in [-0.15, -0.1) is 0 Å². The van der Waals surface area contributed by atoms with E-state index in [2.05, 4.69) is 79.8 Å². The van der Waals surface area contributed by atoms with Crippen molar-refractivity contribution in [1.82, 2.24) is 15.6 Å². The van der Waals surface area contributed by atoms with E-state index in [0.717, 1.165) is 51.0 Å². The molecule has 0 bridgehead atoms. The molecule has 7 nitrogen and oxygen atoms in total. The summed E-state index contributed by atoms with van der Waals surface area (Å²) in [7, 11) is 1.83. The van der Waals surface area contributed by atoms with Crippen LogP contribution in [-0.2, 0) is 11.3 Å². The van der Waals surface area contributed by atoms with Crippen molar-refractivity contribution in [2.24, 2.45) is 4.99 Å². The monoisotopic (exact) mass is 422 g/mol. The zero-order valence-corrected chi connectivity index (χ0v) is 18.6. The fraction of sp³-hybridized carbons (Fsp3) is 0.500. The van der Waals surface area contributed by atoms with Gasteiger partial charge in [0.25, 0.3) is 0 Å². The Morgan fingerprint density at radius 3 is 2.84 bits per heavy atom. The zero-order valence-electron chi connectivity index (χ0n) is 18.6. The molecule has 4 rings (SSSR count). The van der Waals surface area contributed by atoms with Crippen LogP contribution in [0, 0.1) is 0 Å². The first-order valence-electron chi connectivity index (χ1n) is 11.3. The van der Waals surface area contributed by atoms with Crippen LogP contribution in [0.5, 0.6) is 0 Å². The van der Waals surface area contributed by atoms with Gasteiger partial charge in [-0.1, -0.05) is 18.2 Å². The van der Waals surface area contributed by atoms with Crippen molar-refractivity contribution in [3.05, 3.63) is 54.2 Å². The molecule has 31 heavy (non-hydrogen) atoms. The molecule has 2 fully saturated rings. The summed E-state index contributed by atoms with van der Waals surface area (Å²) in [5.74, 6) is 1.86. The largest absolute Gasteiger partial charge is 0.375 e. The Labute approximate surface area is 185 Å². The lowest BCUT2D eigenvalue weighted by atomic mass is 10.1. The molecule has 1 aromatic heterocycles. The summed E-state index contributed by atoms with van der Waals surface area (Å²) in [5, 5.41) is 7.09. The van der Waals surface area contributed by atoms with Crippen molar-refractivity contribution in [3.8, 4) is 0 Å². The average Bonchev–Trinajstić information content (AvgIpc) is 2.83. The third-order valence-electron chi connectivity index (χ3n) is 5.94. The van der Waals surface area contributed by atoms with E-state index in [9.17, 15) is 0 Å². The van der Waals surface area contributed by atoms with Gasteiger partial charge in [0.1, 0.15) is 5.82 Å². The van der Waals surface area contributed by atoms with Crippen molar-refractivity contribution in [2.45, 2.75) is 38.5 Å². The van der Waals surface area contributed by atoms with Gasteiger partial charge in [-0.05, 0) is 49.6 Å². The highest BCUT2D eigenvalue weighted by molar-refractivity contribution is 5.80. The summed E-state index contributed by atoms with van der Waals surface area (Å²) < 4.78 is 5.65. The maximum Gasteiger partial charge on any atom is 0.191 e. The maximum absolute atomic E-state index is 5.65. The van der Waals surface area contributed by atoms with Gasteiger partial charge < -0.3 is 25.2 Å². The van der Waals surface area contributed by atoms with Crippen LogP contribution in [0.1, 0.15) is 25.3 Å². The van der Waals surface area contributed by atoms with Gasteiger partial charge in [-0.2, -0.15) is 0 Å². The lowest BCUT2D eigenvalue weighted by Gasteiger charge is -2.35. The Kier molecular flexibility index (Phi) is 7.25. The number of rotatable bonds is 5. The van der Waals surface area contributed by atoms with Crippen molar-refractivity contribution < 1.29 is 4.74 Å². The Hall–Kier alpha value is -2.80. The molecule has 2 aliphatic rings. The van der Waals surface area contributed by atoms with Crippen LogP contribution in [0.25, 0.3) is 0 Å². The number of aromatic nitrogens is 1. The van der Waals surface area contributed by atoms with E-state index >= 15 is 0 Å². The number of anilines is 2. The molecule has 166 valence electrons. The van der Waals surface area contributed by atoms with Gasteiger partial charge in [0, 0.05) is 57.7 Å². The Balaban J connectivity index is 1.31. The molecule has 1 aromatic carbocycles. The first-order valence-corrected chi connectivity index (χ1v) is 11.3. The Morgan fingerprint density at radius 2 is 2.03 bits per heavy atom. The lowest BCUT2D eigenvalue weighted by Crippen LogP contribution is -2.51. The summed E-state index contributed by atoms with van der Waals surface area (Å²) in [4.78, 5) is 13.8. The van der Waals surface area contributed by atoms with Gasteiger partial charge in [-0.3, -0.25) is 4.99 Å². The molecule has 2 saturated heterocycles. The number of para-hydroxylation sites is 1. The third-order valence-corrected chi connectivity index (χ3v) is 5.94. The topological polar surface area (TPSA) is 65.0 Å². The van der Waals surface area contributed by atoms with Gasteiger partial charge >= 0.3 is 0 Å². The molecular weight excluding hydrogens is 388 g/mol. The second kappa shape index (κ2) is 10.5. The number of morpholine rings is 1. The summed E-state index contributed by atoms with van der Waals surface area (Å²) in [6.07, 6.45) is 4.46. The molecule has 2 atom stereocenters. The molecule has 2 unspecified atom stereocenters. The van der Waals surface area contributed by atoms with Crippen molar-refractivity contribution in [1.29, 1.82) is 0 Å². The smallest absolute Gasteiger partial charge is 0.191 e. The van der Waals surface area contributed by atoms with Gasteiger partial charge in [0.15, 0.2) is 5.96 Å². The summed E-state index contributed by atoms with van der Waals surface area (Å²) in [6, 6.07) is 15.3. The molecule has 0 spiro atoms. The number of guanidine groups is 1. The highest BCUT2D eigenvalue weighted by atomic mass is 16.5. The summed E-state index contributed by atoms with van der Waals surface area (Å²) in [5.41, 5.74) is 2.49. The van der Waals surface area contributed by atoms with E-state index in [1.807, 2.05) is 13.2 Å². The van der Waals surface area contributed by atoms with Crippen LogP contribution in [0.3, 0.4) is 0 Å². The van der Waals surface area contributed by atoms with Crippen molar-refractivity contribution in [2.75, 3.05) is 49.6 Å². The van der Waals surface area contributed by atoms with E-state index in [1.54, 1.807) is 0 Å². The number of hydrogen-bond acceptors (Lipinski definition) is 5. The fourth-order valence-corrected chi connectivity index (χ4v) is 4.31. The minimum absolute atomic E-state index is 0.242. The number of nitrogens with one attached hydrogen (secondary N) is 2. The molecule has 0 amide bonds. The number of piperidine rings is 1. The number of ether oxygens (including phenoxy) is 1. The van der Waals surface area contributed by atoms with Crippen LogP contribution in [0.15, 0.2) is 53.7 Å². The minimum Gasteiger partial charge on any atom is -0.375 e. The predicted octanol–water partition coefficient (Wildman–Crippen LogP) is 2.64. The van der Waals surface area contributed by atoms with Crippen molar-refractivity contribution in [3.63, 3.8) is 0 Å². The maximum atomic E-state index is 5.65. The quantitative estimate of drug-likeness (QED) is 0.571. The number of nitrogens with zero attached hydrogens (tertiary/aromatic N) is 4. The lowest BCUT2D eigenvalue weighted by molar-refractivity contribution is 0.0529. The van der Waals surface area contributed by atoms with Crippen LogP contribution in [-0.4, -0.2) is 62.9 Å². The number of benzene rings is 1. The fourth-order valence-electron chi connectivity index (χ4n) is 4.31. The predicted molar refractivity (Wildman–Crippen MR) is 127 cm³/mol. The molecule has 3 heterocycles. The second-order valence-corrected chi connectivity index (χ2v) is 8.34. The standard InChI is InChI=1S/C24H34N6O/c1-19-17-30(13-14-31-19)23-15-20(10-11-26-23)16-27-24(25-2)28-21-7-6-12-29(18-21)22-8-4-3-5-9-22/h3-5,8-11,15,19,21H,6-7,12-14,16-18H2,1-2H3,(H2,25,27,28). The Bertz CT molecular complexity index is 858. The molecule has 2 aliphatic heterocycles. The molecule has 0 radical (unpaired) electrons. The first kappa shape index (κ1) is 21.4. The SMILES string of the molecule is CN=C(NCc1ccnc(N2CCOC(C)C2)c1)NC1CCCN(c2ccccc2)C1. The minimum atomic E-state index is 0.242. The third kappa shape index (κ3) is 5.88. The van der Waals surface area contributed by atoms with E-state index in [0.29, 0.717) is 12.6 Å². The normalized spacial score (nSPS) is 22.3. The van der Waals surface area contributed by atoms with E-state index < -0.39 is 0 Å². The van der Waals surface area contributed by atoms with Crippen LogP contribution in [0.2, 0.25) is 0 Å². The van der Waals surface area contributed by atoms with E-state index in [4.69, 9.17) is 4.74 Å². The average molecular weight is 423 g/mol. The van der Waals surface area contributed by atoms with Crippen molar-refractivity contribution >= 4 is 17.5 Å². The Morgan fingerprint density at radius 1 is 1.16 bits per heavy atom. The number of aliphatic imine (C=N–C) groups is 1. The zero-order chi connectivity index (χ0) is 21.5. The molecule has 7 heteroatoms. The molecule has 0 saturated carbocycles. The van der Waals surface area contributed by atoms with E-state index in [1.165, 1.54) is 17.7 Å². The highest BCUT2D eigenvalue weighted by Gasteiger charge is 2.21. The molecule has 2 N–H and O–H groups in total. The van der Waals surface area contributed by atoms with Gasteiger partial charge in [0.2, 0.25) is 0 Å². The van der Waals surface area contributed by atoms with Crippen LogP contribution < -0.4 is 20.4 Å². The van der Waals surface area contributed by atoms with Crippen LogP contribution in [0.4, 0.5) is 11.5 Å². The molecule has 2 aromatic rings. The highest BCUT2D eigenvalue weighted by Crippen LogP contribution is 2.19. The second-order valence-electron chi connectivity index (χ2n) is 8.34. The van der Waals surface area contributed by atoms with Gasteiger partial charge in [-0.25, -0.2) is 4.98 Å². The van der Waals surface area contributed by atoms with Gasteiger partial charge in [0.05, 0.1) is 12.7 Å². The van der Waals surface area contributed by atoms with Crippen LogP contribution >= 0.6 is 0 Å². The molecular formula is C24H34N6O. The summed E-state index contributed by atoms with van der Waals surface area (Å²) >= 11 is 0. The number of pyridine rings is 1. The number of hydrogen-bond donors (Lipinski definition) is 2. The summed E-state index contributed by atoms with van der Waals surface area (Å²) in [6.45, 7) is 7.43. The molecule has 0 aliphatic carbocycles. The van der Waals surface area contributed by atoms with E-state index in [-0.39, 0.29) is 6.10 Å². The first-order chi connectivity index (χ1) is 15.2.